The number of nitriles is 1. The first kappa shape index (κ1) is 25.0. The van der Waals surface area contributed by atoms with E-state index < -0.39 is 5.82 Å². The fourth-order valence-electron chi connectivity index (χ4n) is 4.13. The first-order chi connectivity index (χ1) is 18.8. The molecule has 1 amide bonds. The molecule has 0 radical (unpaired) electrons. The fraction of sp³-hybridized carbons (Fsp3) is 0.0714. The van der Waals surface area contributed by atoms with Crippen LogP contribution >= 0.6 is 0 Å². The van der Waals surface area contributed by atoms with Gasteiger partial charge in [0.25, 0.3) is 5.91 Å². The van der Waals surface area contributed by atoms with Gasteiger partial charge in [0.15, 0.2) is 11.6 Å². The molecule has 192 valence electrons. The topological polar surface area (TPSA) is 145 Å². The molecule has 2 aromatic carbocycles. The van der Waals surface area contributed by atoms with Gasteiger partial charge in [-0.05, 0) is 48.4 Å². The highest BCUT2D eigenvalue weighted by atomic mass is 19.1. The number of amides is 1. The van der Waals surface area contributed by atoms with Crippen molar-refractivity contribution in [3.8, 4) is 40.2 Å². The maximum absolute atomic E-state index is 15.3. The number of nitrogens with zero attached hydrogens (tertiary/aromatic N) is 6. The van der Waals surface area contributed by atoms with Gasteiger partial charge in [-0.25, -0.2) is 19.3 Å². The molecular formula is C28H21FN8O2. The molecule has 3 heterocycles. The number of aromatic nitrogens is 5. The Bertz CT molecular complexity index is 1810. The Labute approximate surface area is 222 Å². The number of nitrogens with two attached hydrogens (primary N) is 1. The maximum atomic E-state index is 15.3. The van der Waals surface area contributed by atoms with Crippen LogP contribution in [0.3, 0.4) is 0 Å². The van der Waals surface area contributed by atoms with E-state index in [2.05, 4.69) is 31.8 Å². The molecule has 0 atom stereocenters. The molecule has 0 fully saturated rings. The first-order valence-corrected chi connectivity index (χ1v) is 11.6. The molecule has 5 aromatic rings. The Morgan fingerprint density at radius 1 is 1.13 bits per heavy atom. The molecule has 10 nitrogen and oxygen atoms in total. The summed E-state index contributed by atoms with van der Waals surface area (Å²) in [6.07, 6.45) is 2.72. The van der Waals surface area contributed by atoms with Gasteiger partial charge < -0.3 is 20.4 Å². The number of benzene rings is 2. The molecule has 0 aliphatic carbocycles. The number of carbonyl (C=O) groups excluding carboxylic acids is 1. The normalized spacial score (nSPS) is 10.7. The van der Waals surface area contributed by atoms with Crippen molar-refractivity contribution in [1.82, 2.24) is 24.5 Å². The number of rotatable bonds is 6. The standard InChI is InChI=1S/C28H21FN8O2/c1-15(2)27(38)35-18-7-4-16(5-8-18)24-22(23-25(31)33-14-34-26(23)37(24)3)17-6-9-21(20(29)12-17)39-28-32-11-10-19(13-30)36-28/h4-12,14H,1H2,2-3H3,(H,35,38)(H2,31,33,34). The predicted octanol–water partition coefficient (Wildman–Crippen LogP) is 4.99. The molecule has 0 bridgehead atoms. The fourth-order valence-corrected chi connectivity index (χ4v) is 4.13. The Hall–Kier alpha value is -5.63. The summed E-state index contributed by atoms with van der Waals surface area (Å²) >= 11 is 0. The molecule has 39 heavy (non-hydrogen) atoms. The summed E-state index contributed by atoms with van der Waals surface area (Å²) in [7, 11) is 1.83. The molecule has 0 aliphatic rings. The van der Waals surface area contributed by atoms with Crippen molar-refractivity contribution in [2.24, 2.45) is 7.05 Å². The van der Waals surface area contributed by atoms with E-state index >= 15 is 4.39 Å². The summed E-state index contributed by atoms with van der Waals surface area (Å²) in [4.78, 5) is 28.4. The van der Waals surface area contributed by atoms with E-state index in [1.165, 1.54) is 30.7 Å². The minimum atomic E-state index is -0.672. The Morgan fingerprint density at radius 2 is 1.87 bits per heavy atom. The van der Waals surface area contributed by atoms with Crippen LogP contribution < -0.4 is 15.8 Å². The Kier molecular flexibility index (Phi) is 6.44. The molecular weight excluding hydrogens is 499 g/mol. The van der Waals surface area contributed by atoms with E-state index in [1.807, 2.05) is 29.8 Å². The molecule has 0 spiro atoms. The van der Waals surface area contributed by atoms with Gasteiger partial charge in [-0.15, -0.1) is 0 Å². The largest absolute Gasteiger partial charge is 0.421 e. The zero-order valence-electron chi connectivity index (χ0n) is 20.9. The average Bonchev–Trinajstić information content (AvgIpc) is 3.23. The molecule has 3 aromatic heterocycles. The van der Waals surface area contributed by atoms with Gasteiger partial charge in [0.05, 0.1) is 11.1 Å². The Morgan fingerprint density at radius 3 is 2.56 bits per heavy atom. The monoisotopic (exact) mass is 520 g/mol. The van der Waals surface area contributed by atoms with E-state index in [0.29, 0.717) is 39.1 Å². The van der Waals surface area contributed by atoms with Crippen LogP contribution in [0.5, 0.6) is 11.8 Å². The van der Waals surface area contributed by atoms with Gasteiger partial charge in [-0.3, -0.25) is 4.79 Å². The highest BCUT2D eigenvalue weighted by molar-refractivity contribution is 6.08. The van der Waals surface area contributed by atoms with Crippen LogP contribution in [0, 0.1) is 17.1 Å². The summed E-state index contributed by atoms with van der Waals surface area (Å²) < 4.78 is 22.7. The lowest BCUT2D eigenvalue weighted by atomic mass is 9.98. The smallest absolute Gasteiger partial charge is 0.323 e. The van der Waals surface area contributed by atoms with Crippen LogP contribution in [0.15, 0.2) is 73.2 Å². The Balaban J connectivity index is 1.60. The molecule has 0 unspecified atom stereocenters. The summed E-state index contributed by atoms with van der Waals surface area (Å²) in [5.74, 6) is -0.824. The number of nitrogen functional groups attached to an aromatic ring is 1. The average molecular weight is 521 g/mol. The molecule has 5 rings (SSSR count). The number of anilines is 2. The lowest BCUT2D eigenvalue weighted by Gasteiger charge is -2.12. The summed E-state index contributed by atoms with van der Waals surface area (Å²) in [6.45, 7) is 5.28. The maximum Gasteiger partial charge on any atom is 0.323 e. The third kappa shape index (κ3) is 4.74. The third-order valence-corrected chi connectivity index (χ3v) is 5.97. The summed E-state index contributed by atoms with van der Waals surface area (Å²) in [6, 6.07) is 14.8. The van der Waals surface area contributed by atoms with Gasteiger partial charge in [-0.1, -0.05) is 24.8 Å². The molecule has 0 saturated heterocycles. The first-order valence-electron chi connectivity index (χ1n) is 11.6. The van der Waals surface area contributed by atoms with Crippen molar-refractivity contribution in [1.29, 1.82) is 5.26 Å². The molecule has 0 saturated carbocycles. The second-order valence-corrected chi connectivity index (χ2v) is 8.64. The van der Waals surface area contributed by atoms with Gasteiger partial charge in [0.1, 0.15) is 29.6 Å². The van der Waals surface area contributed by atoms with Crippen molar-refractivity contribution in [3.05, 3.63) is 84.7 Å². The van der Waals surface area contributed by atoms with E-state index in [1.54, 1.807) is 25.1 Å². The van der Waals surface area contributed by atoms with Crippen LogP contribution in [0.2, 0.25) is 0 Å². The highest BCUT2D eigenvalue weighted by Gasteiger charge is 2.23. The van der Waals surface area contributed by atoms with Gasteiger partial charge in [0, 0.05) is 30.1 Å². The zero-order chi connectivity index (χ0) is 27.7. The second-order valence-electron chi connectivity index (χ2n) is 8.64. The van der Waals surface area contributed by atoms with Crippen LogP contribution in [-0.4, -0.2) is 30.4 Å². The SMILES string of the molecule is C=C(C)C(=O)Nc1ccc(-c2c(-c3ccc(Oc4nccc(C#N)n4)c(F)c3)c3c(N)ncnc3n2C)cc1. The number of hydrogen-bond acceptors (Lipinski definition) is 8. The van der Waals surface area contributed by atoms with Crippen molar-refractivity contribution in [3.63, 3.8) is 0 Å². The quantitative estimate of drug-likeness (QED) is 0.298. The van der Waals surface area contributed by atoms with Crippen molar-refractivity contribution >= 4 is 28.4 Å². The van der Waals surface area contributed by atoms with Gasteiger partial charge in [0.2, 0.25) is 0 Å². The van der Waals surface area contributed by atoms with Crippen molar-refractivity contribution in [2.75, 3.05) is 11.1 Å². The highest BCUT2D eigenvalue weighted by Crippen LogP contribution is 2.42. The van der Waals surface area contributed by atoms with Crippen LogP contribution in [0.1, 0.15) is 12.6 Å². The lowest BCUT2D eigenvalue weighted by Crippen LogP contribution is -2.11. The molecule has 0 aliphatic heterocycles. The third-order valence-electron chi connectivity index (χ3n) is 5.97. The number of hydrogen-bond donors (Lipinski definition) is 2. The van der Waals surface area contributed by atoms with Crippen LogP contribution in [-0.2, 0) is 11.8 Å². The number of aryl methyl sites for hydroxylation is 1. The minimum absolute atomic E-state index is 0.0955. The minimum Gasteiger partial charge on any atom is -0.421 e. The van der Waals surface area contributed by atoms with Crippen molar-refractivity contribution < 1.29 is 13.9 Å². The van der Waals surface area contributed by atoms with Gasteiger partial charge in [-0.2, -0.15) is 10.2 Å². The number of ether oxygens (including phenoxy) is 1. The van der Waals surface area contributed by atoms with E-state index in [4.69, 9.17) is 15.7 Å². The summed E-state index contributed by atoms with van der Waals surface area (Å²) in [5.41, 5.74) is 10.6. The van der Waals surface area contributed by atoms with Crippen molar-refractivity contribution in [2.45, 2.75) is 6.92 Å². The van der Waals surface area contributed by atoms with Gasteiger partial charge >= 0.3 is 6.01 Å². The van der Waals surface area contributed by atoms with E-state index in [-0.39, 0.29) is 29.2 Å². The van der Waals surface area contributed by atoms with Crippen LogP contribution in [0.4, 0.5) is 15.9 Å². The second kappa shape index (κ2) is 10.0. The predicted molar refractivity (Wildman–Crippen MR) is 144 cm³/mol. The molecule has 3 N–H and O–H groups in total. The summed E-state index contributed by atoms with van der Waals surface area (Å²) in [5, 5.41) is 12.4. The number of fused-ring (bicyclic) bond motifs is 1. The van der Waals surface area contributed by atoms with Crippen LogP contribution in [0.25, 0.3) is 33.4 Å². The van der Waals surface area contributed by atoms with E-state index in [0.717, 1.165) is 5.56 Å². The number of carbonyl (C=O) groups is 1. The molecule has 11 heteroatoms. The zero-order valence-corrected chi connectivity index (χ0v) is 20.9. The number of nitrogens with one attached hydrogen (secondary N) is 1. The van der Waals surface area contributed by atoms with E-state index in [9.17, 15) is 4.79 Å². The lowest BCUT2D eigenvalue weighted by molar-refractivity contribution is -0.112. The number of halogens is 1.